The normalized spacial score (nSPS) is 11.5. The van der Waals surface area contributed by atoms with E-state index in [4.69, 9.17) is 5.26 Å². The molecule has 0 radical (unpaired) electrons. The average molecular weight is 336 g/mol. The van der Waals surface area contributed by atoms with Crippen molar-refractivity contribution in [3.05, 3.63) is 29.8 Å². The number of amides is 1. The minimum absolute atomic E-state index is 0.0450. The largest absolute Gasteiger partial charge is 0.310 e. The topological polar surface area (TPSA) is 78.2 Å². The van der Waals surface area contributed by atoms with Crippen LogP contribution in [0.5, 0.6) is 0 Å². The Kier molecular flexibility index (Phi) is 6.77. The van der Waals surface area contributed by atoms with Gasteiger partial charge in [-0.2, -0.15) is 5.26 Å². The van der Waals surface area contributed by atoms with Crippen LogP contribution in [0.25, 0.3) is 0 Å². The van der Waals surface area contributed by atoms with Crippen molar-refractivity contribution >= 4 is 21.4 Å². The van der Waals surface area contributed by atoms with Crippen molar-refractivity contribution in [2.24, 2.45) is 5.92 Å². The molecule has 0 atom stereocenters. The number of anilines is 1. The SMILES string of the molecule is CC(C)CS(=O)(=O)CCC(=O)N(c1cccc(C#N)c1)C(C)C. The first kappa shape index (κ1) is 19.2. The first-order valence-corrected chi connectivity index (χ1v) is 9.51. The molecular weight excluding hydrogens is 312 g/mol. The summed E-state index contributed by atoms with van der Waals surface area (Å²) in [6, 6.07) is 8.69. The number of carbonyl (C=O) groups is 1. The van der Waals surface area contributed by atoms with E-state index >= 15 is 0 Å². The van der Waals surface area contributed by atoms with Gasteiger partial charge in [-0.15, -0.1) is 0 Å². The van der Waals surface area contributed by atoms with Crippen LogP contribution < -0.4 is 4.90 Å². The van der Waals surface area contributed by atoms with Crippen LogP contribution in [0.15, 0.2) is 24.3 Å². The quantitative estimate of drug-likeness (QED) is 0.767. The number of nitrogens with zero attached hydrogens (tertiary/aromatic N) is 2. The molecule has 0 aliphatic carbocycles. The fourth-order valence-electron chi connectivity index (χ4n) is 2.41. The predicted molar refractivity (Wildman–Crippen MR) is 91.9 cm³/mol. The van der Waals surface area contributed by atoms with E-state index < -0.39 is 9.84 Å². The third-order valence-electron chi connectivity index (χ3n) is 3.25. The van der Waals surface area contributed by atoms with E-state index in [1.54, 1.807) is 29.2 Å². The van der Waals surface area contributed by atoms with E-state index in [2.05, 4.69) is 0 Å². The summed E-state index contributed by atoms with van der Waals surface area (Å²) >= 11 is 0. The Morgan fingerprint density at radius 2 is 1.91 bits per heavy atom. The van der Waals surface area contributed by atoms with Gasteiger partial charge in [-0.1, -0.05) is 19.9 Å². The molecule has 0 aliphatic rings. The predicted octanol–water partition coefficient (Wildman–Crippen LogP) is 2.76. The highest BCUT2D eigenvalue weighted by Gasteiger charge is 2.22. The van der Waals surface area contributed by atoms with Gasteiger partial charge in [0.25, 0.3) is 0 Å². The third-order valence-corrected chi connectivity index (χ3v) is 5.25. The van der Waals surface area contributed by atoms with Crippen molar-refractivity contribution in [1.82, 2.24) is 0 Å². The van der Waals surface area contributed by atoms with Gasteiger partial charge in [-0.3, -0.25) is 4.79 Å². The second kappa shape index (κ2) is 8.11. The lowest BCUT2D eigenvalue weighted by Gasteiger charge is -2.27. The van der Waals surface area contributed by atoms with E-state index in [9.17, 15) is 13.2 Å². The smallest absolute Gasteiger partial charge is 0.228 e. The van der Waals surface area contributed by atoms with E-state index in [1.165, 1.54) is 0 Å². The summed E-state index contributed by atoms with van der Waals surface area (Å²) in [7, 11) is -3.23. The Bertz CT molecular complexity index is 688. The van der Waals surface area contributed by atoms with E-state index in [1.807, 2.05) is 33.8 Å². The van der Waals surface area contributed by atoms with Crippen LogP contribution in [0.3, 0.4) is 0 Å². The van der Waals surface area contributed by atoms with Crippen LogP contribution in [-0.2, 0) is 14.6 Å². The van der Waals surface area contributed by atoms with Gasteiger partial charge in [0.15, 0.2) is 9.84 Å². The Morgan fingerprint density at radius 3 is 2.43 bits per heavy atom. The van der Waals surface area contributed by atoms with E-state index in [0.29, 0.717) is 11.3 Å². The highest BCUT2D eigenvalue weighted by Crippen LogP contribution is 2.20. The van der Waals surface area contributed by atoms with Gasteiger partial charge < -0.3 is 4.90 Å². The van der Waals surface area contributed by atoms with Crippen molar-refractivity contribution in [2.45, 2.75) is 40.2 Å². The molecule has 0 saturated carbocycles. The Hall–Kier alpha value is -1.87. The summed E-state index contributed by atoms with van der Waals surface area (Å²) < 4.78 is 23.9. The zero-order valence-corrected chi connectivity index (χ0v) is 14.9. The Balaban J connectivity index is 2.90. The lowest BCUT2D eigenvalue weighted by Crippen LogP contribution is -2.38. The van der Waals surface area contributed by atoms with Crippen molar-refractivity contribution in [3.63, 3.8) is 0 Å². The maximum atomic E-state index is 12.5. The van der Waals surface area contributed by atoms with Crippen molar-refractivity contribution in [2.75, 3.05) is 16.4 Å². The van der Waals surface area contributed by atoms with Gasteiger partial charge >= 0.3 is 0 Å². The van der Waals surface area contributed by atoms with Crippen molar-refractivity contribution in [3.8, 4) is 6.07 Å². The monoisotopic (exact) mass is 336 g/mol. The molecule has 126 valence electrons. The van der Waals surface area contributed by atoms with Gasteiger partial charge in [0.05, 0.1) is 23.1 Å². The lowest BCUT2D eigenvalue weighted by atomic mass is 10.1. The average Bonchev–Trinajstić information content (AvgIpc) is 2.44. The highest BCUT2D eigenvalue weighted by atomic mass is 32.2. The molecule has 1 amide bonds. The second-order valence-corrected chi connectivity index (χ2v) is 8.51. The fraction of sp³-hybridized carbons (Fsp3) is 0.529. The summed E-state index contributed by atoms with van der Waals surface area (Å²) in [6.45, 7) is 7.40. The number of sulfone groups is 1. The minimum Gasteiger partial charge on any atom is -0.310 e. The first-order chi connectivity index (χ1) is 10.7. The van der Waals surface area contributed by atoms with Crippen LogP contribution in [0.2, 0.25) is 0 Å². The molecule has 0 saturated heterocycles. The van der Waals surface area contributed by atoms with Crippen LogP contribution in [0.1, 0.15) is 39.7 Å². The van der Waals surface area contributed by atoms with Gasteiger partial charge in [0, 0.05) is 18.2 Å². The molecule has 5 nitrogen and oxygen atoms in total. The van der Waals surface area contributed by atoms with Gasteiger partial charge in [0.2, 0.25) is 5.91 Å². The van der Waals surface area contributed by atoms with Crippen LogP contribution in [0, 0.1) is 17.2 Å². The van der Waals surface area contributed by atoms with Gasteiger partial charge in [-0.25, -0.2) is 8.42 Å². The third kappa shape index (κ3) is 6.03. The molecule has 0 fully saturated rings. The highest BCUT2D eigenvalue weighted by molar-refractivity contribution is 7.91. The number of carbonyl (C=O) groups excluding carboxylic acids is 1. The molecule has 0 spiro atoms. The molecule has 1 rings (SSSR count). The Morgan fingerprint density at radius 1 is 1.26 bits per heavy atom. The summed E-state index contributed by atoms with van der Waals surface area (Å²) in [5.41, 5.74) is 1.08. The number of benzene rings is 1. The second-order valence-electron chi connectivity index (χ2n) is 6.28. The number of hydrogen-bond acceptors (Lipinski definition) is 4. The lowest BCUT2D eigenvalue weighted by molar-refractivity contribution is -0.118. The number of nitriles is 1. The van der Waals surface area contributed by atoms with E-state index in [0.717, 1.165) is 0 Å². The summed E-state index contributed by atoms with van der Waals surface area (Å²) in [5, 5.41) is 8.98. The molecule has 0 aromatic heterocycles. The van der Waals surface area contributed by atoms with Crippen LogP contribution in [0.4, 0.5) is 5.69 Å². The van der Waals surface area contributed by atoms with Crippen LogP contribution >= 0.6 is 0 Å². The summed E-state index contributed by atoms with van der Waals surface area (Å²) in [4.78, 5) is 14.0. The first-order valence-electron chi connectivity index (χ1n) is 7.69. The molecule has 1 aromatic carbocycles. The number of hydrogen-bond donors (Lipinski definition) is 0. The minimum atomic E-state index is -3.23. The zero-order chi connectivity index (χ0) is 17.6. The Labute approximate surface area is 138 Å². The van der Waals surface area contributed by atoms with Gasteiger partial charge in [0.1, 0.15) is 0 Å². The zero-order valence-electron chi connectivity index (χ0n) is 14.1. The maximum absolute atomic E-state index is 12.5. The van der Waals surface area contributed by atoms with Gasteiger partial charge in [-0.05, 0) is 38.0 Å². The molecule has 0 bridgehead atoms. The standard InChI is InChI=1S/C17H24N2O3S/c1-13(2)12-23(21,22)9-8-17(20)19(14(3)4)16-7-5-6-15(10-16)11-18/h5-7,10,13-14H,8-9,12H2,1-4H3. The summed E-state index contributed by atoms with van der Waals surface area (Å²) in [6.07, 6.45) is -0.0516. The maximum Gasteiger partial charge on any atom is 0.228 e. The fourth-order valence-corrected chi connectivity index (χ4v) is 4.08. The molecule has 0 N–H and O–H groups in total. The van der Waals surface area contributed by atoms with E-state index in [-0.39, 0.29) is 35.8 Å². The molecule has 0 aliphatic heterocycles. The number of rotatable bonds is 7. The molecule has 0 unspecified atom stereocenters. The molecule has 23 heavy (non-hydrogen) atoms. The molecule has 0 heterocycles. The molecule has 6 heteroatoms. The van der Waals surface area contributed by atoms with Crippen molar-refractivity contribution in [1.29, 1.82) is 5.26 Å². The van der Waals surface area contributed by atoms with Crippen molar-refractivity contribution < 1.29 is 13.2 Å². The van der Waals surface area contributed by atoms with Crippen LogP contribution in [-0.4, -0.2) is 31.9 Å². The summed E-state index contributed by atoms with van der Waals surface area (Å²) in [5.74, 6) is -0.261. The molecule has 1 aromatic rings. The molecular formula is C17H24N2O3S.